The van der Waals surface area contributed by atoms with Crippen molar-refractivity contribution in [2.45, 2.75) is 88.8 Å². The number of phenolic OH excluding ortho intramolecular Hbond substituents is 1. The second-order valence-corrected chi connectivity index (χ2v) is 11.7. The van der Waals surface area contributed by atoms with E-state index in [2.05, 4.69) is 43.3 Å². The first-order valence-corrected chi connectivity index (χ1v) is 12.0. The molecule has 31 heavy (non-hydrogen) atoms. The molecule has 0 spiro atoms. The number of aromatic nitrogens is 2. The fraction of sp³-hybridized carbons (Fsp3) is 0.654. The van der Waals surface area contributed by atoms with Crippen LogP contribution in [0.4, 0.5) is 0 Å². The molecule has 2 N–H and O–H groups in total. The number of hydrogen-bond donors (Lipinski definition) is 2. The van der Waals surface area contributed by atoms with Crippen molar-refractivity contribution in [2.24, 2.45) is 5.92 Å². The summed E-state index contributed by atoms with van der Waals surface area (Å²) in [5, 5.41) is 28.1. The molecule has 166 valence electrons. The maximum Gasteiger partial charge on any atom is 0.115 e. The SMILES string of the molecule is Cc1c2c(nn1C(C)(C)C)C[C@]13CCN(CC4CC4)[C@H](Cc4ccc(O)cc41)[C@]3(O)C2. The highest BCUT2D eigenvalue weighted by Crippen LogP contribution is 2.58. The van der Waals surface area contributed by atoms with Gasteiger partial charge in [-0.25, -0.2) is 0 Å². The fourth-order valence-corrected chi connectivity index (χ4v) is 7.04. The highest BCUT2D eigenvalue weighted by molar-refractivity contribution is 5.52. The molecule has 1 saturated carbocycles. The van der Waals surface area contributed by atoms with E-state index in [1.807, 2.05) is 12.1 Å². The van der Waals surface area contributed by atoms with Gasteiger partial charge >= 0.3 is 0 Å². The third-order valence-electron chi connectivity index (χ3n) is 8.73. The summed E-state index contributed by atoms with van der Waals surface area (Å²) in [7, 11) is 0. The molecule has 2 aromatic rings. The van der Waals surface area contributed by atoms with E-state index in [0.29, 0.717) is 12.2 Å². The van der Waals surface area contributed by atoms with Gasteiger partial charge in [0.15, 0.2) is 0 Å². The molecule has 5 heteroatoms. The highest BCUT2D eigenvalue weighted by atomic mass is 16.3. The van der Waals surface area contributed by atoms with Crippen LogP contribution >= 0.6 is 0 Å². The number of fused-ring (bicyclic) bond motifs is 2. The Morgan fingerprint density at radius 3 is 2.68 bits per heavy atom. The summed E-state index contributed by atoms with van der Waals surface area (Å²) in [5.74, 6) is 1.11. The zero-order valence-electron chi connectivity index (χ0n) is 19.3. The van der Waals surface area contributed by atoms with Crippen molar-refractivity contribution < 1.29 is 10.2 Å². The molecule has 3 aliphatic carbocycles. The Morgan fingerprint density at radius 2 is 1.97 bits per heavy atom. The monoisotopic (exact) mass is 421 g/mol. The quantitative estimate of drug-likeness (QED) is 0.780. The lowest BCUT2D eigenvalue weighted by Crippen LogP contribution is -2.74. The Bertz CT molecular complexity index is 1060. The van der Waals surface area contributed by atoms with Crippen molar-refractivity contribution in [3.05, 3.63) is 46.3 Å². The lowest BCUT2D eigenvalue weighted by atomic mass is 9.49. The van der Waals surface area contributed by atoms with Gasteiger partial charge in [-0.2, -0.15) is 5.10 Å². The van der Waals surface area contributed by atoms with Crippen molar-refractivity contribution in [1.82, 2.24) is 14.7 Å². The first kappa shape index (κ1) is 19.8. The Balaban J connectivity index is 1.54. The average molecular weight is 422 g/mol. The van der Waals surface area contributed by atoms with Crippen molar-refractivity contribution >= 4 is 0 Å². The highest BCUT2D eigenvalue weighted by Gasteiger charge is 2.65. The number of aromatic hydroxyl groups is 1. The van der Waals surface area contributed by atoms with Gasteiger partial charge in [-0.1, -0.05) is 6.07 Å². The minimum Gasteiger partial charge on any atom is -0.508 e. The predicted octanol–water partition coefficient (Wildman–Crippen LogP) is 3.46. The molecule has 5 nitrogen and oxygen atoms in total. The third-order valence-corrected chi connectivity index (χ3v) is 8.73. The number of piperidine rings is 1. The van der Waals surface area contributed by atoms with Gasteiger partial charge in [-0.3, -0.25) is 9.58 Å². The average Bonchev–Trinajstić information content (AvgIpc) is 3.45. The predicted molar refractivity (Wildman–Crippen MR) is 121 cm³/mol. The van der Waals surface area contributed by atoms with Crippen LogP contribution in [-0.2, 0) is 30.2 Å². The Labute approximate surface area is 185 Å². The number of phenols is 1. The van der Waals surface area contributed by atoms with Crippen LogP contribution in [0.1, 0.15) is 68.1 Å². The van der Waals surface area contributed by atoms with Crippen molar-refractivity contribution in [3.8, 4) is 5.75 Å². The van der Waals surface area contributed by atoms with Crippen LogP contribution in [-0.4, -0.2) is 49.6 Å². The molecular weight excluding hydrogens is 386 g/mol. The summed E-state index contributed by atoms with van der Waals surface area (Å²) in [6.45, 7) is 10.9. The van der Waals surface area contributed by atoms with Gasteiger partial charge in [0.1, 0.15) is 5.75 Å². The summed E-state index contributed by atoms with van der Waals surface area (Å²) < 4.78 is 2.16. The van der Waals surface area contributed by atoms with Crippen LogP contribution in [0.3, 0.4) is 0 Å². The lowest BCUT2D eigenvalue weighted by Gasteiger charge is -2.63. The first-order chi connectivity index (χ1) is 14.6. The Hall–Kier alpha value is -1.85. The topological polar surface area (TPSA) is 61.5 Å². The van der Waals surface area contributed by atoms with E-state index in [-0.39, 0.29) is 17.0 Å². The van der Waals surface area contributed by atoms with Gasteiger partial charge in [0, 0.05) is 36.5 Å². The largest absolute Gasteiger partial charge is 0.508 e. The summed E-state index contributed by atoms with van der Waals surface area (Å²) in [5.41, 5.74) is 4.74. The maximum absolute atomic E-state index is 12.6. The minimum absolute atomic E-state index is 0.0872. The van der Waals surface area contributed by atoms with E-state index in [1.165, 1.54) is 29.7 Å². The summed E-state index contributed by atoms with van der Waals surface area (Å²) >= 11 is 0. The van der Waals surface area contributed by atoms with E-state index < -0.39 is 5.60 Å². The Morgan fingerprint density at radius 1 is 1.19 bits per heavy atom. The van der Waals surface area contributed by atoms with Crippen LogP contribution < -0.4 is 0 Å². The molecule has 1 aliphatic heterocycles. The molecule has 4 aliphatic rings. The molecule has 1 aromatic carbocycles. The molecule has 0 unspecified atom stereocenters. The normalized spacial score (nSPS) is 32.4. The Kier molecular flexibility index (Phi) is 3.92. The molecule has 1 aromatic heterocycles. The molecule has 6 rings (SSSR count). The van der Waals surface area contributed by atoms with Gasteiger partial charge in [0.25, 0.3) is 0 Å². The van der Waals surface area contributed by atoms with Gasteiger partial charge in [-0.05, 0) is 94.7 Å². The molecular formula is C26H35N3O2. The van der Waals surface area contributed by atoms with E-state index in [1.54, 1.807) is 0 Å². The first-order valence-electron chi connectivity index (χ1n) is 12.0. The van der Waals surface area contributed by atoms with Crippen LogP contribution in [0.25, 0.3) is 0 Å². The smallest absolute Gasteiger partial charge is 0.115 e. The third kappa shape index (κ3) is 2.65. The van der Waals surface area contributed by atoms with Gasteiger partial charge in [0.05, 0.1) is 16.8 Å². The van der Waals surface area contributed by atoms with Crippen LogP contribution in [0.2, 0.25) is 0 Å². The van der Waals surface area contributed by atoms with Crippen LogP contribution in [0.15, 0.2) is 18.2 Å². The van der Waals surface area contributed by atoms with Gasteiger partial charge in [0.2, 0.25) is 0 Å². The zero-order valence-corrected chi connectivity index (χ0v) is 19.3. The van der Waals surface area contributed by atoms with E-state index in [9.17, 15) is 10.2 Å². The number of rotatable bonds is 2. The van der Waals surface area contributed by atoms with Crippen molar-refractivity contribution in [2.75, 3.05) is 13.1 Å². The number of hydrogen-bond acceptors (Lipinski definition) is 4. The molecule has 0 amide bonds. The zero-order chi connectivity index (χ0) is 21.8. The molecule has 1 saturated heterocycles. The van der Waals surface area contributed by atoms with E-state index in [0.717, 1.165) is 49.5 Å². The van der Waals surface area contributed by atoms with Gasteiger partial charge in [-0.15, -0.1) is 0 Å². The summed E-state index contributed by atoms with van der Waals surface area (Å²) in [6.07, 6.45) is 5.86. The summed E-state index contributed by atoms with van der Waals surface area (Å²) in [4.78, 5) is 2.60. The van der Waals surface area contributed by atoms with E-state index >= 15 is 0 Å². The number of aliphatic hydroxyl groups is 1. The molecule has 0 radical (unpaired) electrons. The minimum atomic E-state index is -0.829. The van der Waals surface area contributed by atoms with Crippen molar-refractivity contribution in [1.29, 1.82) is 0 Å². The second kappa shape index (κ2) is 6.14. The lowest BCUT2D eigenvalue weighted by molar-refractivity contribution is -0.152. The molecule has 2 fully saturated rings. The fourth-order valence-electron chi connectivity index (χ4n) is 7.04. The van der Waals surface area contributed by atoms with Gasteiger partial charge < -0.3 is 10.2 Å². The van der Waals surface area contributed by atoms with Crippen LogP contribution in [0, 0.1) is 12.8 Å². The standard InChI is InChI=1S/C26H35N3O2/c1-16-20-13-26(31)23-11-18-7-8-19(30)12-21(18)25(26,9-10-28(23)15-17-5-6-17)14-22(20)27-29(16)24(2,3)4/h7-8,12,17,23,30-31H,5-6,9-11,13-15H2,1-4H3/t23-,25-,26-/m1/s1. The number of benzene rings is 1. The number of nitrogens with zero attached hydrogens (tertiary/aromatic N) is 3. The maximum atomic E-state index is 12.6. The molecule has 2 bridgehead atoms. The molecule has 2 heterocycles. The van der Waals surface area contributed by atoms with Crippen LogP contribution in [0.5, 0.6) is 5.75 Å². The second-order valence-electron chi connectivity index (χ2n) is 11.7. The number of likely N-dealkylation sites (tertiary alicyclic amines) is 1. The molecule has 3 atom stereocenters. The summed E-state index contributed by atoms with van der Waals surface area (Å²) in [6, 6.07) is 5.97. The van der Waals surface area contributed by atoms with Crippen molar-refractivity contribution in [3.63, 3.8) is 0 Å². The van der Waals surface area contributed by atoms with E-state index in [4.69, 9.17) is 5.10 Å².